The van der Waals surface area contributed by atoms with Crippen LogP contribution in [0.15, 0.2) is 42.9 Å². The van der Waals surface area contributed by atoms with Crippen LogP contribution in [0.2, 0.25) is 0 Å². The quantitative estimate of drug-likeness (QED) is 0.833. The number of sulfone groups is 1. The van der Waals surface area contributed by atoms with Gasteiger partial charge in [-0.05, 0) is 17.7 Å². The number of hydrogen-bond donors (Lipinski definition) is 1. The van der Waals surface area contributed by atoms with Crippen LogP contribution < -0.4 is 10.1 Å². The third-order valence-electron chi connectivity index (χ3n) is 3.74. The molecule has 0 aliphatic carbocycles. The third-order valence-corrected chi connectivity index (χ3v) is 4.67. The Kier molecular flexibility index (Phi) is 4.84. The van der Waals surface area contributed by atoms with E-state index in [9.17, 15) is 13.2 Å². The normalized spacial score (nSPS) is 17.4. The number of nitrogens with zero attached hydrogens (tertiary/aromatic N) is 3. The first-order valence-corrected chi connectivity index (χ1v) is 9.74. The second-order valence-electron chi connectivity index (χ2n) is 5.80. The minimum absolute atomic E-state index is 0.0526. The van der Waals surface area contributed by atoms with Crippen LogP contribution >= 0.6 is 0 Å². The Bertz CT molecular complexity index is 857. The molecule has 3 rings (SSSR count). The lowest BCUT2D eigenvalue weighted by Crippen LogP contribution is -2.32. The Balaban J connectivity index is 1.68. The zero-order chi connectivity index (χ0) is 17.9. The smallest absolute Gasteiger partial charge is 0.318 e. The molecule has 1 saturated heterocycles. The van der Waals surface area contributed by atoms with Crippen LogP contribution in [-0.2, 0) is 9.84 Å². The summed E-state index contributed by atoms with van der Waals surface area (Å²) >= 11 is 0. The van der Waals surface area contributed by atoms with Crippen molar-refractivity contribution in [1.29, 1.82) is 0 Å². The van der Waals surface area contributed by atoms with Gasteiger partial charge in [0.1, 0.15) is 15.6 Å². The number of carbonyl (C=O) groups excluding carboxylic acids is 1. The van der Waals surface area contributed by atoms with Crippen LogP contribution in [0.4, 0.5) is 4.79 Å². The van der Waals surface area contributed by atoms with Crippen LogP contribution in [0.1, 0.15) is 11.6 Å². The molecule has 1 N–H and O–H groups in total. The number of nitrogens with one attached hydrogen (secondary N) is 1. The summed E-state index contributed by atoms with van der Waals surface area (Å²) in [5.74, 6) is 0.912. The zero-order valence-electron chi connectivity index (χ0n) is 13.6. The van der Waals surface area contributed by atoms with Gasteiger partial charge in [-0.2, -0.15) is 0 Å². The van der Waals surface area contributed by atoms with E-state index in [1.165, 1.54) is 17.3 Å². The lowest BCUT2D eigenvalue weighted by atomic mass is 10.1. The summed E-state index contributed by atoms with van der Waals surface area (Å²) in [7, 11) is -3.11. The number of rotatable bonds is 6. The van der Waals surface area contributed by atoms with Crippen molar-refractivity contribution in [1.82, 2.24) is 20.2 Å². The summed E-state index contributed by atoms with van der Waals surface area (Å²) in [6.45, 7) is 0.583. The predicted molar refractivity (Wildman–Crippen MR) is 91.1 cm³/mol. The van der Waals surface area contributed by atoms with Crippen molar-refractivity contribution < 1.29 is 17.9 Å². The molecule has 9 heteroatoms. The Morgan fingerprint density at radius 2 is 2.20 bits per heavy atom. The largest absolute Gasteiger partial charge is 0.437 e. The summed E-state index contributed by atoms with van der Waals surface area (Å²) < 4.78 is 28.2. The van der Waals surface area contributed by atoms with E-state index in [0.717, 1.165) is 11.8 Å². The van der Waals surface area contributed by atoms with Gasteiger partial charge in [-0.3, -0.25) is 4.98 Å². The van der Waals surface area contributed by atoms with E-state index in [4.69, 9.17) is 4.74 Å². The minimum atomic E-state index is -3.11. The monoisotopic (exact) mass is 362 g/mol. The standard InChI is InChI=1S/C16H18N4O4S/c1-25(22,23)8-7-20-11-14(19-16(20)21)12-3-2-4-13(9-12)24-15-10-17-5-6-18-15/h2-6,9-10,14H,7-8,11H2,1H3,(H,19,21). The summed E-state index contributed by atoms with van der Waals surface area (Å²) in [5, 5.41) is 2.86. The van der Waals surface area contributed by atoms with E-state index in [1.807, 2.05) is 18.2 Å². The van der Waals surface area contributed by atoms with E-state index in [-0.39, 0.29) is 24.4 Å². The Hall–Kier alpha value is -2.68. The van der Waals surface area contributed by atoms with Gasteiger partial charge in [0.2, 0.25) is 5.88 Å². The molecule has 2 heterocycles. The van der Waals surface area contributed by atoms with E-state index < -0.39 is 9.84 Å². The SMILES string of the molecule is CS(=O)(=O)CCN1CC(c2cccc(Oc3cnccn3)c2)NC1=O. The maximum Gasteiger partial charge on any atom is 0.318 e. The van der Waals surface area contributed by atoms with Crippen molar-refractivity contribution in [2.24, 2.45) is 0 Å². The number of ether oxygens (including phenoxy) is 1. The Labute approximate surface area is 145 Å². The number of benzene rings is 1. The summed E-state index contributed by atoms with van der Waals surface area (Å²) in [5.41, 5.74) is 0.872. The van der Waals surface area contributed by atoms with Gasteiger partial charge in [0, 0.05) is 31.7 Å². The fourth-order valence-electron chi connectivity index (χ4n) is 2.50. The Morgan fingerprint density at radius 1 is 1.36 bits per heavy atom. The molecular formula is C16H18N4O4S. The fourth-order valence-corrected chi connectivity index (χ4v) is 3.05. The van der Waals surface area contributed by atoms with Crippen molar-refractivity contribution in [2.45, 2.75) is 6.04 Å². The molecule has 1 unspecified atom stereocenters. The topological polar surface area (TPSA) is 101 Å². The van der Waals surface area contributed by atoms with Gasteiger partial charge >= 0.3 is 6.03 Å². The Morgan fingerprint density at radius 3 is 2.92 bits per heavy atom. The number of urea groups is 1. The molecule has 1 aromatic heterocycles. The number of hydrogen-bond acceptors (Lipinski definition) is 6. The first-order valence-electron chi connectivity index (χ1n) is 7.68. The van der Waals surface area contributed by atoms with Crippen LogP contribution in [0.5, 0.6) is 11.6 Å². The molecule has 0 bridgehead atoms. The first kappa shape index (κ1) is 17.2. The molecule has 2 aromatic rings. The molecule has 25 heavy (non-hydrogen) atoms. The molecule has 132 valence electrons. The molecule has 1 fully saturated rings. The first-order chi connectivity index (χ1) is 11.9. The van der Waals surface area contributed by atoms with Crippen molar-refractivity contribution >= 4 is 15.9 Å². The van der Waals surface area contributed by atoms with Gasteiger partial charge in [0.25, 0.3) is 0 Å². The molecule has 1 aromatic carbocycles. The van der Waals surface area contributed by atoms with Crippen molar-refractivity contribution in [3.63, 3.8) is 0 Å². The number of carbonyl (C=O) groups is 1. The highest BCUT2D eigenvalue weighted by Crippen LogP contribution is 2.26. The van der Waals surface area contributed by atoms with Gasteiger partial charge < -0.3 is 15.0 Å². The van der Waals surface area contributed by atoms with Gasteiger partial charge in [0.05, 0.1) is 18.0 Å². The maximum absolute atomic E-state index is 12.0. The lowest BCUT2D eigenvalue weighted by molar-refractivity contribution is 0.220. The van der Waals surface area contributed by atoms with Crippen LogP contribution in [-0.4, -0.2) is 54.4 Å². The molecular weight excluding hydrogens is 344 g/mol. The van der Waals surface area contributed by atoms with Crippen LogP contribution in [0, 0.1) is 0 Å². The number of aromatic nitrogens is 2. The van der Waals surface area contributed by atoms with E-state index in [2.05, 4.69) is 15.3 Å². The van der Waals surface area contributed by atoms with Crippen molar-refractivity contribution in [2.75, 3.05) is 25.1 Å². The average molecular weight is 362 g/mol. The molecule has 1 aliphatic rings. The third kappa shape index (κ3) is 4.66. The summed E-state index contributed by atoms with van der Waals surface area (Å²) in [6, 6.07) is 6.82. The average Bonchev–Trinajstić information content (AvgIpc) is 2.95. The van der Waals surface area contributed by atoms with Gasteiger partial charge in [-0.25, -0.2) is 18.2 Å². The van der Waals surface area contributed by atoms with Crippen LogP contribution in [0.25, 0.3) is 0 Å². The highest BCUT2D eigenvalue weighted by Gasteiger charge is 2.30. The summed E-state index contributed by atoms with van der Waals surface area (Å²) in [6.07, 6.45) is 5.77. The predicted octanol–water partition coefficient (Wildman–Crippen LogP) is 1.38. The summed E-state index contributed by atoms with van der Waals surface area (Å²) in [4.78, 5) is 21.5. The van der Waals surface area contributed by atoms with Gasteiger partial charge in [-0.1, -0.05) is 12.1 Å². The molecule has 0 radical (unpaired) electrons. The zero-order valence-corrected chi connectivity index (χ0v) is 14.4. The van der Waals surface area contributed by atoms with E-state index in [1.54, 1.807) is 12.3 Å². The lowest BCUT2D eigenvalue weighted by Gasteiger charge is -2.14. The molecule has 1 atom stereocenters. The van der Waals surface area contributed by atoms with Gasteiger partial charge in [-0.15, -0.1) is 0 Å². The van der Waals surface area contributed by atoms with Crippen molar-refractivity contribution in [3.05, 3.63) is 48.4 Å². The molecule has 1 aliphatic heterocycles. The highest BCUT2D eigenvalue weighted by atomic mass is 32.2. The fraction of sp³-hybridized carbons (Fsp3) is 0.312. The molecule has 2 amide bonds. The second kappa shape index (κ2) is 7.06. The van der Waals surface area contributed by atoms with Crippen molar-refractivity contribution in [3.8, 4) is 11.6 Å². The minimum Gasteiger partial charge on any atom is -0.437 e. The number of amides is 2. The van der Waals surface area contributed by atoms with E-state index in [0.29, 0.717) is 18.2 Å². The van der Waals surface area contributed by atoms with E-state index >= 15 is 0 Å². The molecule has 0 saturated carbocycles. The molecule has 8 nitrogen and oxygen atoms in total. The van der Waals surface area contributed by atoms with Crippen LogP contribution in [0.3, 0.4) is 0 Å². The maximum atomic E-state index is 12.0. The molecule has 0 spiro atoms. The highest BCUT2D eigenvalue weighted by molar-refractivity contribution is 7.90. The van der Waals surface area contributed by atoms with Gasteiger partial charge in [0.15, 0.2) is 0 Å². The second-order valence-corrected chi connectivity index (χ2v) is 8.06.